The predicted molar refractivity (Wildman–Crippen MR) is 97.4 cm³/mol. The lowest BCUT2D eigenvalue weighted by Crippen LogP contribution is -2.26. The Labute approximate surface area is 140 Å². The molecule has 0 aromatic heterocycles. The summed E-state index contributed by atoms with van der Waals surface area (Å²) < 4.78 is 17.0. The predicted octanol–water partition coefficient (Wildman–Crippen LogP) is 2.89. The highest BCUT2D eigenvalue weighted by Crippen LogP contribution is 2.04. The molecule has 0 bridgehead atoms. The lowest BCUT2D eigenvalue weighted by molar-refractivity contribution is -0.138. The van der Waals surface area contributed by atoms with E-state index in [2.05, 4.69) is 20.4 Å². The van der Waals surface area contributed by atoms with Crippen molar-refractivity contribution in [1.29, 1.82) is 0 Å². The Morgan fingerprint density at radius 2 is 1.64 bits per heavy atom. The second kappa shape index (κ2) is 15.5. The van der Waals surface area contributed by atoms with Crippen LogP contribution in [0.2, 0.25) is 11.7 Å². The van der Waals surface area contributed by atoms with E-state index in [-0.39, 0.29) is 15.5 Å². The third-order valence-corrected chi connectivity index (χ3v) is 9.00. The molecule has 0 atom stereocenters. The molecule has 0 aromatic rings. The Hall–Kier alpha value is -0.436. The molecule has 0 saturated heterocycles. The second-order valence-corrected chi connectivity index (χ2v) is 10.9. The molecule has 0 spiro atoms. The molecule has 4 nitrogen and oxygen atoms in total. The number of hydrogen-bond donors (Lipinski definition) is 0. The van der Waals surface area contributed by atoms with Gasteiger partial charge >= 0.3 is 15.3 Å². The van der Waals surface area contributed by atoms with Crippen molar-refractivity contribution in [2.45, 2.75) is 64.6 Å². The van der Waals surface area contributed by atoms with Crippen LogP contribution in [0.15, 0.2) is 12.2 Å². The van der Waals surface area contributed by atoms with Gasteiger partial charge in [-0.2, -0.15) is 0 Å². The molecule has 0 radical (unpaired) electrons. The Balaban J connectivity index is 3.71. The highest BCUT2D eigenvalue weighted by molar-refractivity contribution is 6.60. The van der Waals surface area contributed by atoms with Crippen molar-refractivity contribution < 1.29 is 18.4 Å². The van der Waals surface area contributed by atoms with Gasteiger partial charge in [-0.15, -0.1) is 0 Å². The Kier molecular flexibility index (Phi) is 15.2. The molecule has 0 rings (SSSR count). The van der Waals surface area contributed by atoms with Gasteiger partial charge in [0.1, 0.15) is 0 Å². The van der Waals surface area contributed by atoms with Gasteiger partial charge in [0, 0.05) is 28.3 Å². The monoisotopic (exact) mass is 346 g/mol. The minimum Gasteiger partial charge on any atom is -0.462 e. The largest absolute Gasteiger partial charge is 0.462 e. The molecular formula is C16H34O4Si2. The van der Waals surface area contributed by atoms with E-state index in [4.69, 9.17) is 13.6 Å². The molecule has 130 valence electrons. The molecule has 0 aromatic carbocycles. The quantitative estimate of drug-likeness (QED) is 0.198. The van der Waals surface area contributed by atoms with Crippen LogP contribution in [0.5, 0.6) is 0 Å². The standard InChI is InChI=1S/C16H34O4Si2/c1-5-7-11-19-22(20-12-8-6-2)14-21-13-9-10-18-16(17)15(3)4/h22H,3,5-14,21H2,1-2,4H3. The van der Waals surface area contributed by atoms with Crippen molar-refractivity contribution in [3.63, 3.8) is 0 Å². The smallest absolute Gasteiger partial charge is 0.333 e. The molecule has 0 aliphatic rings. The number of ether oxygens (including phenoxy) is 1. The van der Waals surface area contributed by atoms with Crippen molar-refractivity contribution in [3.05, 3.63) is 12.2 Å². The van der Waals surface area contributed by atoms with Crippen LogP contribution in [0.3, 0.4) is 0 Å². The molecule has 0 heterocycles. The molecule has 0 amide bonds. The SMILES string of the molecule is C=C(C)C(=O)OCCC[SiH2]C[SiH](OCCCC)OCCCC. The highest BCUT2D eigenvalue weighted by Gasteiger charge is 2.13. The maximum atomic E-state index is 11.2. The van der Waals surface area contributed by atoms with Gasteiger partial charge in [-0.05, 0) is 31.9 Å². The van der Waals surface area contributed by atoms with E-state index in [1.807, 2.05) is 0 Å². The highest BCUT2D eigenvalue weighted by atomic mass is 28.3. The second-order valence-electron chi connectivity index (χ2n) is 5.64. The van der Waals surface area contributed by atoms with Crippen LogP contribution >= 0.6 is 0 Å². The Bertz CT molecular complexity index is 288. The van der Waals surface area contributed by atoms with Crippen LogP contribution < -0.4 is 0 Å². The van der Waals surface area contributed by atoms with Crippen LogP contribution in [0.4, 0.5) is 0 Å². The topological polar surface area (TPSA) is 44.8 Å². The molecule has 0 unspecified atom stereocenters. The summed E-state index contributed by atoms with van der Waals surface area (Å²) in [5, 5.41) is 0. The van der Waals surface area contributed by atoms with E-state index >= 15 is 0 Å². The summed E-state index contributed by atoms with van der Waals surface area (Å²) in [5.74, 6) is -0.278. The third kappa shape index (κ3) is 13.2. The zero-order valence-corrected chi connectivity index (χ0v) is 17.3. The Morgan fingerprint density at radius 3 is 2.14 bits per heavy atom. The van der Waals surface area contributed by atoms with Gasteiger partial charge < -0.3 is 13.6 Å². The number of rotatable bonds is 15. The zero-order valence-electron chi connectivity index (χ0n) is 14.7. The summed E-state index contributed by atoms with van der Waals surface area (Å²) in [7, 11) is -1.62. The molecule has 0 fully saturated rings. The van der Waals surface area contributed by atoms with Crippen molar-refractivity contribution in [3.8, 4) is 0 Å². The van der Waals surface area contributed by atoms with E-state index in [9.17, 15) is 4.79 Å². The maximum Gasteiger partial charge on any atom is 0.333 e. The summed E-state index contributed by atoms with van der Waals surface area (Å²) in [6, 6.07) is 1.18. The van der Waals surface area contributed by atoms with E-state index < -0.39 is 9.28 Å². The first-order valence-corrected chi connectivity index (χ1v) is 12.4. The third-order valence-electron chi connectivity index (χ3n) is 3.27. The number of esters is 1. The van der Waals surface area contributed by atoms with E-state index in [0.29, 0.717) is 12.2 Å². The molecule has 0 aliphatic carbocycles. The fourth-order valence-corrected chi connectivity index (χ4v) is 7.15. The summed E-state index contributed by atoms with van der Waals surface area (Å²) in [5.41, 5.74) is 1.65. The van der Waals surface area contributed by atoms with Gasteiger partial charge in [-0.25, -0.2) is 4.79 Å². The van der Waals surface area contributed by atoms with Crippen LogP contribution in [-0.2, 0) is 18.4 Å². The minimum atomic E-state index is -1.44. The van der Waals surface area contributed by atoms with E-state index in [1.54, 1.807) is 6.92 Å². The fraction of sp³-hybridized carbons (Fsp3) is 0.812. The van der Waals surface area contributed by atoms with Gasteiger partial charge in [0.05, 0.1) is 6.61 Å². The fourth-order valence-electron chi connectivity index (χ4n) is 1.81. The zero-order chi connectivity index (χ0) is 16.6. The van der Waals surface area contributed by atoms with Gasteiger partial charge in [-0.1, -0.05) is 39.3 Å². The summed E-state index contributed by atoms with van der Waals surface area (Å²) in [4.78, 5) is 11.2. The van der Waals surface area contributed by atoms with Crippen LogP contribution in [0.1, 0.15) is 52.9 Å². The van der Waals surface area contributed by atoms with E-state index in [0.717, 1.165) is 32.5 Å². The van der Waals surface area contributed by atoms with Crippen molar-refractivity contribution in [2.24, 2.45) is 0 Å². The lowest BCUT2D eigenvalue weighted by atomic mass is 10.4. The summed E-state index contributed by atoms with van der Waals surface area (Å²) in [6.07, 6.45) is 5.54. The van der Waals surface area contributed by atoms with Gasteiger partial charge in [0.25, 0.3) is 0 Å². The van der Waals surface area contributed by atoms with E-state index in [1.165, 1.54) is 24.6 Å². The number of hydrogen-bond acceptors (Lipinski definition) is 4. The van der Waals surface area contributed by atoms with Crippen LogP contribution in [0.25, 0.3) is 0 Å². The molecule has 0 aliphatic heterocycles. The first kappa shape index (κ1) is 21.6. The van der Waals surface area contributed by atoms with Crippen molar-refractivity contribution >= 4 is 24.8 Å². The normalized spacial score (nSPS) is 11.5. The van der Waals surface area contributed by atoms with Gasteiger partial charge in [0.15, 0.2) is 0 Å². The molecular weight excluding hydrogens is 312 g/mol. The average Bonchev–Trinajstić information content (AvgIpc) is 2.50. The molecule has 6 heteroatoms. The maximum absolute atomic E-state index is 11.2. The first-order valence-electron chi connectivity index (χ1n) is 8.67. The molecule has 0 N–H and O–H groups in total. The minimum absolute atomic E-state index is 0.171. The average molecular weight is 347 g/mol. The number of carbonyl (C=O) groups is 1. The summed E-state index contributed by atoms with van der Waals surface area (Å²) in [6.45, 7) is 11.8. The van der Waals surface area contributed by atoms with Crippen molar-refractivity contribution in [1.82, 2.24) is 0 Å². The van der Waals surface area contributed by atoms with Crippen LogP contribution in [0, 0.1) is 0 Å². The van der Waals surface area contributed by atoms with Gasteiger partial charge in [0.2, 0.25) is 0 Å². The summed E-state index contributed by atoms with van der Waals surface area (Å²) >= 11 is 0. The Morgan fingerprint density at radius 1 is 1.05 bits per heavy atom. The first-order chi connectivity index (χ1) is 10.6. The lowest BCUT2D eigenvalue weighted by Gasteiger charge is -2.16. The van der Waals surface area contributed by atoms with Crippen molar-refractivity contribution in [2.75, 3.05) is 19.8 Å². The molecule has 22 heavy (non-hydrogen) atoms. The molecule has 0 saturated carbocycles. The van der Waals surface area contributed by atoms with Crippen LogP contribution in [-0.4, -0.2) is 44.6 Å². The van der Waals surface area contributed by atoms with Gasteiger partial charge in [-0.3, -0.25) is 0 Å². The number of unbranched alkanes of at least 4 members (excludes halogenated alkanes) is 2. The number of carbonyl (C=O) groups excluding carboxylic acids is 1.